The van der Waals surface area contributed by atoms with Crippen molar-refractivity contribution in [3.63, 3.8) is 0 Å². The molecule has 0 saturated carbocycles. The van der Waals surface area contributed by atoms with Crippen molar-refractivity contribution in [3.05, 3.63) is 29.8 Å². The fourth-order valence-corrected chi connectivity index (χ4v) is 6.26. The second-order valence-electron chi connectivity index (χ2n) is 7.97. The Labute approximate surface area is 168 Å². The van der Waals surface area contributed by atoms with E-state index in [9.17, 15) is 22.0 Å². The van der Waals surface area contributed by atoms with Crippen molar-refractivity contribution in [3.8, 4) is 5.75 Å². The van der Waals surface area contributed by atoms with Gasteiger partial charge in [-0.05, 0) is 38.1 Å². The molecule has 1 spiro atoms. The zero-order valence-corrected chi connectivity index (χ0v) is 16.7. The van der Waals surface area contributed by atoms with Crippen LogP contribution in [0, 0.1) is 0 Å². The molecule has 0 aliphatic carbocycles. The van der Waals surface area contributed by atoms with Crippen LogP contribution in [-0.4, -0.2) is 86.7 Å². The first-order valence-corrected chi connectivity index (χ1v) is 11.4. The zero-order valence-electron chi connectivity index (χ0n) is 15.9. The summed E-state index contributed by atoms with van der Waals surface area (Å²) < 4.78 is 61.1. The van der Waals surface area contributed by atoms with Crippen molar-refractivity contribution >= 4 is 15.7 Å². The Morgan fingerprint density at radius 3 is 2.59 bits per heavy atom. The maximum Gasteiger partial charge on any atom is 0.387 e. The van der Waals surface area contributed by atoms with Gasteiger partial charge in [0, 0.05) is 6.54 Å². The van der Waals surface area contributed by atoms with Crippen LogP contribution in [0.5, 0.6) is 5.75 Å². The summed E-state index contributed by atoms with van der Waals surface area (Å²) in [6.45, 7) is -0.370. The van der Waals surface area contributed by atoms with Crippen LogP contribution in [0.15, 0.2) is 24.3 Å². The largest absolute Gasteiger partial charge is 0.434 e. The maximum absolute atomic E-state index is 12.8. The van der Waals surface area contributed by atoms with E-state index in [1.54, 1.807) is 6.07 Å². The molecule has 0 unspecified atom stereocenters. The van der Waals surface area contributed by atoms with Crippen LogP contribution in [0.25, 0.3) is 0 Å². The number of amides is 1. The molecule has 0 radical (unpaired) electrons. The highest BCUT2D eigenvalue weighted by Crippen LogP contribution is 2.35. The molecular formula is C19H24F2N2O5S. The molecule has 4 rings (SSSR count). The molecule has 1 aromatic rings. The number of hydrogen-bond donors (Lipinski definition) is 0. The summed E-state index contributed by atoms with van der Waals surface area (Å²) in [6, 6.07) is 5.78. The van der Waals surface area contributed by atoms with Crippen molar-refractivity contribution in [2.24, 2.45) is 0 Å². The number of hydrogen-bond acceptors (Lipinski definition) is 6. The lowest BCUT2D eigenvalue weighted by atomic mass is 9.94. The molecule has 1 aromatic carbocycles. The lowest BCUT2D eigenvalue weighted by Crippen LogP contribution is -2.71. The van der Waals surface area contributed by atoms with E-state index >= 15 is 0 Å². The number of sulfone groups is 1. The number of ether oxygens (including phenoxy) is 2. The van der Waals surface area contributed by atoms with Gasteiger partial charge in [-0.15, -0.1) is 0 Å². The number of para-hydroxylation sites is 1. The third-order valence-corrected chi connectivity index (χ3v) is 8.02. The van der Waals surface area contributed by atoms with Crippen molar-refractivity contribution in [1.82, 2.24) is 9.80 Å². The summed E-state index contributed by atoms with van der Waals surface area (Å²) in [4.78, 5) is 16.3. The van der Waals surface area contributed by atoms with Crippen LogP contribution in [0.2, 0.25) is 0 Å². The molecule has 7 nitrogen and oxygen atoms in total. The Hall–Kier alpha value is -1.78. The molecule has 3 saturated heterocycles. The number of likely N-dealkylation sites (tertiary alicyclic amines) is 2. The van der Waals surface area contributed by atoms with Crippen LogP contribution in [0.4, 0.5) is 8.78 Å². The summed E-state index contributed by atoms with van der Waals surface area (Å²) in [5.74, 6) is -0.805. The van der Waals surface area contributed by atoms with Gasteiger partial charge in [0.2, 0.25) is 0 Å². The van der Waals surface area contributed by atoms with Gasteiger partial charge in [-0.2, -0.15) is 8.78 Å². The summed E-state index contributed by atoms with van der Waals surface area (Å²) in [7, 11) is -3.35. The molecule has 10 heteroatoms. The molecule has 3 heterocycles. The van der Waals surface area contributed by atoms with Crippen molar-refractivity contribution in [2.75, 3.05) is 45.1 Å². The molecule has 1 amide bonds. The maximum atomic E-state index is 12.8. The minimum atomic E-state index is -3.35. The van der Waals surface area contributed by atoms with E-state index in [2.05, 4.69) is 9.64 Å². The highest BCUT2D eigenvalue weighted by Gasteiger charge is 2.54. The second-order valence-corrected chi connectivity index (χ2v) is 10.2. The van der Waals surface area contributed by atoms with Gasteiger partial charge in [-0.3, -0.25) is 4.79 Å². The molecule has 0 bridgehead atoms. The number of nitrogens with zero attached hydrogens (tertiary/aromatic N) is 2. The van der Waals surface area contributed by atoms with Gasteiger partial charge in [0.15, 0.2) is 9.84 Å². The number of rotatable bonds is 5. The third-order valence-electron chi connectivity index (χ3n) is 5.79. The van der Waals surface area contributed by atoms with E-state index in [0.29, 0.717) is 6.54 Å². The van der Waals surface area contributed by atoms with Gasteiger partial charge in [-0.25, -0.2) is 8.42 Å². The highest BCUT2D eigenvalue weighted by atomic mass is 32.2. The monoisotopic (exact) mass is 430 g/mol. The topological polar surface area (TPSA) is 76.2 Å². The predicted molar refractivity (Wildman–Crippen MR) is 101 cm³/mol. The molecule has 0 aromatic heterocycles. The average Bonchev–Trinajstić information content (AvgIpc) is 3.14. The van der Waals surface area contributed by atoms with Crippen LogP contribution < -0.4 is 4.74 Å². The lowest BCUT2D eigenvalue weighted by Gasteiger charge is -2.52. The number of benzene rings is 1. The van der Waals surface area contributed by atoms with E-state index in [4.69, 9.17) is 4.74 Å². The van der Waals surface area contributed by atoms with Crippen LogP contribution in [0.1, 0.15) is 23.2 Å². The van der Waals surface area contributed by atoms with E-state index in [1.807, 2.05) is 0 Å². The third kappa shape index (κ3) is 4.24. The normalized spacial score (nSPS) is 25.9. The molecule has 3 aliphatic heterocycles. The minimum absolute atomic E-state index is 0.0215. The van der Waals surface area contributed by atoms with Gasteiger partial charge in [-0.1, -0.05) is 12.1 Å². The van der Waals surface area contributed by atoms with Gasteiger partial charge >= 0.3 is 6.61 Å². The van der Waals surface area contributed by atoms with Crippen LogP contribution in [-0.2, 0) is 14.6 Å². The Morgan fingerprint density at radius 1 is 1.24 bits per heavy atom. The van der Waals surface area contributed by atoms with E-state index in [0.717, 1.165) is 25.9 Å². The molecule has 3 aliphatic rings. The molecule has 3 fully saturated rings. The number of carbonyl (C=O) groups excluding carboxylic acids is 1. The smallest absolute Gasteiger partial charge is 0.387 e. The van der Waals surface area contributed by atoms with Gasteiger partial charge < -0.3 is 19.3 Å². The Bertz CT molecular complexity index is 867. The quantitative estimate of drug-likeness (QED) is 0.703. The van der Waals surface area contributed by atoms with Crippen LogP contribution >= 0.6 is 0 Å². The first-order chi connectivity index (χ1) is 13.8. The second kappa shape index (κ2) is 7.81. The number of alkyl halides is 2. The van der Waals surface area contributed by atoms with E-state index in [1.165, 1.54) is 23.1 Å². The number of halogens is 2. The molecule has 29 heavy (non-hydrogen) atoms. The molecular weight excluding hydrogens is 406 g/mol. The summed E-state index contributed by atoms with van der Waals surface area (Å²) in [6.07, 6.45) is 2.18. The summed E-state index contributed by atoms with van der Waals surface area (Å²) in [5, 5.41) is -0.545. The van der Waals surface area contributed by atoms with Crippen molar-refractivity contribution in [1.29, 1.82) is 0 Å². The van der Waals surface area contributed by atoms with E-state index in [-0.39, 0.29) is 36.8 Å². The molecule has 1 atom stereocenters. The Morgan fingerprint density at radius 2 is 1.93 bits per heavy atom. The number of carbonyl (C=O) groups is 1. The van der Waals surface area contributed by atoms with Gasteiger partial charge in [0.1, 0.15) is 11.4 Å². The predicted octanol–water partition coefficient (Wildman–Crippen LogP) is 1.39. The fraction of sp³-hybridized carbons (Fsp3) is 0.632. The lowest BCUT2D eigenvalue weighted by molar-refractivity contribution is -0.121. The fourth-order valence-electron chi connectivity index (χ4n) is 4.31. The van der Waals surface area contributed by atoms with Gasteiger partial charge in [0.25, 0.3) is 5.91 Å². The minimum Gasteiger partial charge on any atom is -0.434 e. The average molecular weight is 430 g/mol. The van der Waals surface area contributed by atoms with Crippen LogP contribution in [0.3, 0.4) is 0 Å². The SMILES string of the molecule is O=C(c1ccccc1OC(F)F)N1CC2(C1)CS(=O)(=O)[C@@H](CN1CCCC1)CO2. The van der Waals surface area contributed by atoms with Crippen molar-refractivity contribution in [2.45, 2.75) is 30.3 Å². The standard InChI is InChI=1S/C19H24F2N2O5S/c20-18(21)28-16-6-2-1-5-15(16)17(24)23-11-19(12-23)13-29(25,26)14(10-27-19)9-22-7-3-4-8-22/h1-2,5-6,14,18H,3-4,7-13H2/t14-/m0/s1. The zero-order chi connectivity index (χ0) is 20.6. The highest BCUT2D eigenvalue weighted by molar-refractivity contribution is 7.92. The van der Waals surface area contributed by atoms with E-state index < -0.39 is 33.2 Å². The Kier molecular flexibility index (Phi) is 5.52. The molecule has 160 valence electrons. The summed E-state index contributed by atoms with van der Waals surface area (Å²) in [5.41, 5.74) is -0.887. The van der Waals surface area contributed by atoms with Crippen molar-refractivity contribution < 1.29 is 31.5 Å². The first-order valence-electron chi connectivity index (χ1n) is 9.69. The molecule has 0 N–H and O–H groups in total. The first kappa shape index (κ1) is 20.5. The van der Waals surface area contributed by atoms with Gasteiger partial charge in [0.05, 0.1) is 36.3 Å². The Balaban J connectivity index is 1.39. The summed E-state index contributed by atoms with van der Waals surface area (Å²) >= 11 is 0.